The van der Waals surface area contributed by atoms with E-state index in [4.69, 9.17) is 10.9 Å². The molecule has 0 atom stereocenters. The average molecular weight is 284 g/mol. The number of hydrogen-bond donors (Lipinski definition) is 2. The Labute approximate surface area is 122 Å². The van der Waals surface area contributed by atoms with Crippen LogP contribution in [0, 0.1) is 0 Å². The molecule has 1 aliphatic carbocycles. The number of rotatable bonds is 3. The molecule has 0 radical (unpaired) electrons. The minimum Gasteiger partial charge on any atom is -0.409 e. The second-order valence-electron chi connectivity index (χ2n) is 4.90. The van der Waals surface area contributed by atoms with E-state index in [0.29, 0.717) is 0 Å². The molecule has 4 heteroatoms. The first-order valence-corrected chi connectivity index (χ1v) is 7.45. The largest absolute Gasteiger partial charge is 0.409 e. The number of hydrogen-bond acceptors (Lipinski definition) is 3. The van der Waals surface area contributed by atoms with Gasteiger partial charge in [-0.3, -0.25) is 0 Å². The molecule has 0 spiro atoms. The van der Waals surface area contributed by atoms with Crippen LogP contribution in [0.3, 0.4) is 0 Å². The first-order valence-electron chi connectivity index (χ1n) is 6.64. The number of benzene rings is 2. The van der Waals surface area contributed by atoms with Crippen molar-refractivity contribution in [2.24, 2.45) is 10.9 Å². The van der Waals surface area contributed by atoms with Crippen molar-refractivity contribution in [1.29, 1.82) is 0 Å². The van der Waals surface area contributed by atoms with Crippen LogP contribution < -0.4 is 5.73 Å². The fraction of sp³-hybridized carbons (Fsp3) is 0.188. The Morgan fingerprint density at radius 2 is 1.70 bits per heavy atom. The van der Waals surface area contributed by atoms with Gasteiger partial charge in [-0.15, -0.1) is 0 Å². The maximum atomic E-state index is 8.64. The average Bonchev–Trinajstić information content (AvgIpc) is 2.95. The van der Waals surface area contributed by atoms with Gasteiger partial charge in [-0.2, -0.15) is 0 Å². The normalized spacial score (nSPS) is 14.3. The molecule has 1 aliphatic rings. The van der Waals surface area contributed by atoms with Crippen molar-refractivity contribution < 1.29 is 5.21 Å². The van der Waals surface area contributed by atoms with Crippen molar-refractivity contribution in [2.45, 2.75) is 29.1 Å². The van der Waals surface area contributed by atoms with Gasteiger partial charge in [-0.25, -0.2) is 0 Å². The summed E-state index contributed by atoms with van der Waals surface area (Å²) in [7, 11) is 0. The number of oxime groups is 1. The third kappa shape index (κ3) is 2.65. The van der Waals surface area contributed by atoms with E-state index in [1.165, 1.54) is 35.3 Å². The number of aryl methyl sites for hydroxylation is 2. The van der Waals surface area contributed by atoms with E-state index >= 15 is 0 Å². The predicted molar refractivity (Wildman–Crippen MR) is 81.5 cm³/mol. The zero-order valence-electron chi connectivity index (χ0n) is 11.0. The first kappa shape index (κ1) is 13.1. The third-order valence-corrected chi connectivity index (χ3v) is 4.56. The summed E-state index contributed by atoms with van der Waals surface area (Å²) in [6, 6.07) is 14.4. The molecule has 0 aliphatic heterocycles. The Morgan fingerprint density at radius 1 is 1.00 bits per heavy atom. The van der Waals surface area contributed by atoms with E-state index in [2.05, 4.69) is 23.4 Å². The number of nitrogens with zero attached hydrogens (tertiary/aromatic N) is 1. The minimum atomic E-state index is 0.138. The molecule has 20 heavy (non-hydrogen) atoms. The van der Waals surface area contributed by atoms with E-state index < -0.39 is 0 Å². The number of amidine groups is 1. The van der Waals surface area contributed by atoms with Gasteiger partial charge in [0.1, 0.15) is 0 Å². The van der Waals surface area contributed by atoms with E-state index in [0.717, 1.165) is 10.5 Å². The van der Waals surface area contributed by atoms with Gasteiger partial charge in [0.25, 0.3) is 0 Å². The summed E-state index contributed by atoms with van der Waals surface area (Å²) in [5.74, 6) is 0.138. The summed E-state index contributed by atoms with van der Waals surface area (Å²) in [5.41, 5.74) is 9.27. The predicted octanol–water partition coefficient (Wildman–Crippen LogP) is 3.42. The van der Waals surface area contributed by atoms with Crippen LogP contribution in [-0.4, -0.2) is 11.0 Å². The van der Waals surface area contributed by atoms with Gasteiger partial charge in [0.15, 0.2) is 5.84 Å². The lowest BCUT2D eigenvalue weighted by Gasteiger charge is -2.06. The van der Waals surface area contributed by atoms with Gasteiger partial charge in [0.2, 0.25) is 0 Å². The molecular formula is C16H16N2OS. The Morgan fingerprint density at radius 3 is 2.45 bits per heavy atom. The molecule has 3 N–H and O–H groups in total. The Kier molecular flexibility index (Phi) is 3.65. The fourth-order valence-corrected chi connectivity index (χ4v) is 3.38. The summed E-state index contributed by atoms with van der Waals surface area (Å²) in [6.07, 6.45) is 3.69. The Balaban J connectivity index is 1.78. The molecule has 3 nitrogen and oxygen atoms in total. The van der Waals surface area contributed by atoms with E-state index in [-0.39, 0.29) is 5.84 Å². The first-order chi connectivity index (χ1) is 9.76. The van der Waals surface area contributed by atoms with E-state index in [1.54, 1.807) is 11.8 Å². The van der Waals surface area contributed by atoms with Crippen molar-refractivity contribution >= 4 is 17.6 Å². The topological polar surface area (TPSA) is 58.6 Å². The highest BCUT2D eigenvalue weighted by atomic mass is 32.2. The minimum absolute atomic E-state index is 0.138. The van der Waals surface area contributed by atoms with Crippen LogP contribution in [-0.2, 0) is 12.8 Å². The maximum Gasteiger partial charge on any atom is 0.170 e. The smallest absolute Gasteiger partial charge is 0.170 e. The SMILES string of the molecule is N/C(=N\O)c1ccc(Sc2ccc3c(c2)CCC3)cc1. The van der Waals surface area contributed by atoms with Crippen molar-refractivity contribution in [1.82, 2.24) is 0 Å². The van der Waals surface area contributed by atoms with Gasteiger partial charge in [-0.1, -0.05) is 35.1 Å². The lowest BCUT2D eigenvalue weighted by molar-refractivity contribution is 0.318. The Hall–Kier alpha value is -1.94. The molecule has 0 aromatic heterocycles. The summed E-state index contributed by atoms with van der Waals surface area (Å²) in [6.45, 7) is 0. The molecule has 0 saturated carbocycles. The summed E-state index contributed by atoms with van der Waals surface area (Å²) < 4.78 is 0. The molecule has 0 heterocycles. The lowest BCUT2D eigenvalue weighted by atomic mass is 10.1. The van der Waals surface area contributed by atoms with Crippen LogP contribution in [0.1, 0.15) is 23.1 Å². The van der Waals surface area contributed by atoms with Gasteiger partial charge in [0.05, 0.1) is 0 Å². The van der Waals surface area contributed by atoms with Crippen molar-refractivity contribution in [3.63, 3.8) is 0 Å². The molecule has 0 amide bonds. The molecular weight excluding hydrogens is 268 g/mol. The highest BCUT2D eigenvalue weighted by Crippen LogP contribution is 2.32. The van der Waals surface area contributed by atoms with Crippen molar-refractivity contribution in [2.75, 3.05) is 0 Å². The highest BCUT2D eigenvalue weighted by Gasteiger charge is 2.11. The van der Waals surface area contributed by atoms with E-state index in [9.17, 15) is 0 Å². The van der Waals surface area contributed by atoms with Crippen LogP contribution >= 0.6 is 11.8 Å². The molecule has 2 aromatic carbocycles. The number of nitrogens with two attached hydrogens (primary N) is 1. The molecule has 0 saturated heterocycles. The second kappa shape index (κ2) is 5.59. The molecule has 0 fully saturated rings. The summed E-state index contributed by atoms with van der Waals surface area (Å²) in [5, 5.41) is 11.6. The van der Waals surface area contributed by atoms with Crippen LogP contribution in [0.2, 0.25) is 0 Å². The van der Waals surface area contributed by atoms with Crippen molar-refractivity contribution in [3.05, 3.63) is 59.2 Å². The van der Waals surface area contributed by atoms with Crippen molar-refractivity contribution in [3.8, 4) is 0 Å². The zero-order chi connectivity index (χ0) is 13.9. The quantitative estimate of drug-likeness (QED) is 0.393. The third-order valence-electron chi connectivity index (χ3n) is 3.56. The van der Waals surface area contributed by atoms with E-state index in [1.807, 2.05) is 24.3 Å². The Bertz CT molecular complexity index is 650. The summed E-state index contributed by atoms with van der Waals surface area (Å²) >= 11 is 1.74. The molecule has 0 bridgehead atoms. The van der Waals surface area contributed by atoms with Crippen LogP contribution in [0.15, 0.2) is 57.4 Å². The summed E-state index contributed by atoms with van der Waals surface area (Å²) in [4.78, 5) is 2.42. The second-order valence-corrected chi connectivity index (χ2v) is 6.04. The molecule has 2 aromatic rings. The highest BCUT2D eigenvalue weighted by molar-refractivity contribution is 7.99. The van der Waals surface area contributed by atoms with Gasteiger partial charge < -0.3 is 10.9 Å². The van der Waals surface area contributed by atoms with Crippen LogP contribution in [0.25, 0.3) is 0 Å². The maximum absolute atomic E-state index is 8.64. The van der Waals surface area contributed by atoms with Gasteiger partial charge in [0, 0.05) is 15.4 Å². The standard InChI is InChI=1S/C16H16N2OS/c17-16(18-19)12-5-7-14(8-6-12)20-15-9-4-11-2-1-3-13(11)10-15/h4-10,19H,1-3H2,(H2,17,18). The van der Waals surface area contributed by atoms with Crippen LogP contribution in [0.4, 0.5) is 0 Å². The molecule has 3 rings (SSSR count). The number of fused-ring (bicyclic) bond motifs is 1. The van der Waals surface area contributed by atoms with Crippen LogP contribution in [0.5, 0.6) is 0 Å². The molecule has 0 unspecified atom stereocenters. The lowest BCUT2D eigenvalue weighted by Crippen LogP contribution is -2.12. The zero-order valence-corrected chi connectivity index (χ0v) is 11.9. The fourth-order valence-electron chi connectivity index (χ4n) is 2.50. The monoisotopic (exact) mass is 284 g/mol. The van der Waals surface area contributed by atoms with Gasteiger partial charge in [-0.05, 0) is 54.7 Å². The van der Waals surface area contributed by atoms with Gasteiger partial charge >= 0.3 is 0 Å². The molecule has 102 valence electrons.